The Bertz CT molecular complexity index is 870. The molecule has 1 aliphatic heterocycles. The summed E-state index contributed by atoms with van der Waals surface area (Å²) < 4.78 is 48.9. The van der Waals surface area contributed by atoms with Crippen molar-refractivity contribution >= 4 is 0 Å². The van der Waals surface area contributed by atoms with Crippen molar-refractivity contribution in [3.8, 4) is 11.1 Å². The van der Waals surface area contributed by atoms with Crippen LogP contribution in [0.1, 0.15) is 75.3 Å². The monoisotopic (exact) mass is 430 g/mol. The summed E-state index contributed by atoms with van der Waals surface area (Å²) >= 11 is 0. The Balaban J connectivity index is 1.38. The molecule has 1 aliphatic carbocycles. The van der Waals surface area contributed by atoms with Crippen LogP contribution in [0.5, 0.6) is 0 Å². The average molecular weight is 431 g/mol. The number of halogens is 3. The second-order valence-electron chi connectivity index (χ2n) is 9.52. The van der Waals surface area contributed by atoms with Crippen LogP contribution in [0.4, 0.5) is 13.2 Å². The van der Waals surface area contributed by atoms with Gasteiger partial charge in [0.25, 0.3) is 0 Å². The normalized spacial score (nSPS) is 26.7. The SMILES string of the molecule is CCCC1CCC(C2CCC(c3ccc(-c4cc(F)c(C)c(F)c4)c(F)c3)CC2)OC1. The highest BCUT2D eigenvalue weighted by molar-refractivity contribution is 5.65. The first-order valence-corrected chi connectivity index (χ1v) is 11.8. The lowest BCUT2D eigenvalue weighted by molar-refractivity contribution is -0.0575. The summed E-state index contributed by atoms with van der Waals surface area (Å²) in [5.41, 5.74) is 1.43. The van der Waals surface area contributed by atoms with Gasteiger partial charge in [0.15, 0.2) is 0 Å². The van der Waals surface area contributed by atoms with E-state index < -0.39 is 17.5 Å². The van der Waals surface area contributed by atoms with Gasteiger partial charge in [-0.3, -0.25) is 0 Å². The van der Waals surface area contributed by atoms with E-state index in [9.17, 15) is 13.2 Å². The van der Waals surface area contributed by atoms with Gasteiger partial charge < -0.3 is 4.74 Å². The molecule has 2 aliphatic rings. The third-order valence-corrected chi connectivity index (χ3v) is 7.46. The topological polar surface area (TPSA) is 9.23 Å². The molecule has 4 heteroatoms. The van der Waals surface area contributed by atoms with E-state index in [1.54, 1.807) is 12.1 Å². The first kappa shape index (κ1) is 22.4. The lowest BCUT2D eigenvalue weighted by Gasteiger charge is -2.38. The lowest BCUT2D eigenvalue weighted by Crippen LogP contribution is -2.34. The van der Waals surface area contributed by atoms with Crippen LogP contribution in [-0.4, -0.2) is 12.7 Å². The van der Waals surface area contributed by atoms with Gasteiger partial charge in [-0.1, -0.05) is 25.5 Å². The van der Waals surface area contributed by atoms with E-state index in [2.05, 4.69) is 6.92 Å². The van der Waals surface area contributed by atoms with Crippen molar-refractivity contribution in [3.63, 3.8) is 0 Å². The van der Waals surface area contributed by atoms with Crippen LogP contribution < -0.4 is 0 Å². The van der Waals surface area contributed by atoms with Crippen LogP contribution in [0, 0.1) is 36.2 Å². The molecule has 31 heavy (non-hydrogen) atoms. The lowest BCUT2D eigenvalue weighted by atomic mass is 9.75. The Morgan fingerprint density at radius 1 is 0.871 bits per heavy atom. The van der Waals surface area contributed by atoms with Gasteiger partial charge in [0.2, 0.25) is 0 Å². The maximum Gasteiger partial charge on any atom is 0.131 e. The van der Waals surface area contributed by atoms with E-state index in [-0.39, 0.29) is 16.7 Å². The number of benzene rings is 2. The minimum Gasteiger partial charge on any atom is -0.378 e. The standard InChI is InChI=1S/C27H33F3O/c1-3-4-18-5-12-27(31-16-18)20-8-6-19(7-9-20)21-10-11-23(26(30)13-21)22-14-24(28)17(2)25(29)15-22/h10-11,13-15,18-20,27H,3-9,12,16H2,1-2H3. The molecule has 0 amide bonds. The van der Waals surface area contributed by atoms with Gasteiger partial charge in [0.1, 0.15) is 17.5 Å². The van der Waals surface area contributed by atoms with Gasteiger partial charge in [0, 0.05) is 17.7 Å². The summed E-state index contributed by atoms with van der Waals surface area (Å²) in [6.45, 7) is 4.53. The molecule has 0 radical (unpaired) electrons. The quantitative estimate of drug-likeness (QED) is 0.468. The summed E-state index contributed by atoms with van der Waals surface area (Å²) in [7, 11) is 0. The first-order valence-electron chi connectivity index (χ1n) is 11.8. The van der Waals surface area contributed by atoms with E-state index in [1.807, 2.05) is 6.07 Å². The Morgan fingerprint density at radius 2 is 1.58 bits per heavy atom. The Kier molecular flexibility index (Phi) is 7.05. The summed E-state index contributed by atoms with van der Waals surface area (Å²) in [5.74, 6) is -0.0379. The smallest absolute Gasteiger partial charge is 0.131 e. The Hall–Kier alpha value is -1.81. The molecule has 0 bridgehead atoms. The molecule has 2 aromatic carbocycles. The molecule has 168 valence electrons. The zero-order valence-corrected chi connectivity index (χ0v) is 18.6. The minimum atomic E-state index is -0.650. The van der Waals surface area contributed by atoms with Crippen molar-refractivity contribution in [2.75, 3.05) is 6.61 Å². The van der Waals surface area contributed by atoms with Gasteiger partial charge in [-0.05, 0) is 98.9 Å². The third-order valence-electron chi connectivity index (χ3n) is 7.46. The van der Waals surface area contributed by atoms with Gasteiger partial charge in [0.05, 0.1) is 6.10 Å². The maximum absolute atomic E-state index is 14.9. The van der Waals surface area contributed by atoms with Crippen LogP contribution >= 0.6 is 0 Å². The number of hydrogen-bond acceptors (Lipinski definition) is 1. The van der Waals surface area contributed by atoms with Crippen LogP contribution in [0.15, 0.2) is 30.3 Å². The number of rotatable bonds is 5. The molecule has 2 atom stereocenters. The summed E-state index contributed by atoms with van der Waals surface area (Å²) in [5, 5.41) is 0. The summed E-state index contributed by atoms with van der Waals surface area (Å²) in [6, 6.07) is 7.56. The van der Waals surface area contributed by atoms with Crippen molar-refractivity contribution in [1.82, 2.24) is 0 Å². The molecule has 1 nitrogen and oxygen atoms in total. The second-order valence-corrected chi connectivity index (χ2v) is 9.52. The molecular weight excluding hydrogens is 397 g/mol. The fourth-order valence-corrected chi connectivity index (χ4v) is 5.48. The predicted octanol–water partition coefficient (Wildman–Crippen LogP) is 7.95. The van der Waals surface area contributed by atoms with E-state index in [0.717, 1.165) is 43.8 Å². The van der Waals surface area contributed by atoms with Crippen molar-refractivity contribution < 1.29 is 17.9 Å². The minimum absolute atomic E-state index is 0.0413. The molecule has 1 saturated carbocycles. The zero-order valence-electron chi connectivity index (χ0n) is 18.6. The average Bonchev–Trinajstić information content (AvgIpc) is 2.78. The van der Waals surface area contributed by atoms with Crippen LogP contribution in [-0.2, 0) is 4.74 Å². The van der Waals surface area contributed by atoms with E-state index in [4.69, 9.17) is 4.74 Å². The molecule has 0 spiro atoms. The highest BCUT2D eigenvalue weighted by Gasteiger charge is 2.32. The zero-order chi connectivity index (χ0) is 22.0. The van der Waals surface area contributed by atoms with Crippen molar-refractivity contribution in [2.24, 2.45) is 11.8 Å². The van der Waals surface area contributed by atoms with Crippen LogP contribution in [0.2, 0.25) is 0 Å². The molecule has 2 fully saturated rings. The number of hydrogen-bond donors (Lipinski definition) is 0. The summed E-state index contributed by atoms with van der Waals surface area (Å²) in [6.07, 6.45) is 9.65. The highest BCUT2D eigenvalue weighted by Crippen LogP contribution is 2.41. The maximum atomic E-state index is 14.9. The molecule has 0 aromatic heterocycles. The highest BCUT2D eigenvalue weighted by atomic mass is 19.1. The van der Waals surface area contributed by atoms with Gasteiger partial charge >= 0.3 is 0 Å². The second kappa shape index (κ2) is 9.77. The van der Waals surface area contributed by atoms with Gasteiger partial charge in [-0.2, -0.15) is 0 Å². The largest absolute Gasteiger partial charge is 0.378 e. The Labute approximate surface area is 184 Å². The molecular formula is C27H33F3O. The van der Waals surface area contributed by atoms with Crippen LogP contribution in [0.3, 0.4) is 0 Å². The van der Waals surface area contributed by atoms with Crippen molar-refractivity contribution in [3.05, 3.63) is 58.9 Å². The fourth-order valence-electron chi connectivity index (χ4n) is 5.48. The Morgan fingerprint density at radius 3 is 2.16 bits per heavy atom. The molecule has 1 saturated heterocycles. The predicted molar refractivity (Wildman–Crippen MR) is 119 cm³/mol. The molecule has 1 heterocycles. The first-order chi connectivity index (χ1) is 15.0. The van der Waals surface area contributed by atoms with E-state index in [0.29, 0.717) is 17.9 Å². The molecule has 2 unspecified atom stereocenters. The van der Waals surface area contributed by atoms with Crippen molar-refractivity contribution in [1.29, 1.82) is 0 Å². The third kappa shape index (κ3) is 5.00. The van der Waals surface area contributed by atoms with Crippen molar-refractivity contribution in [2.45, 2.75) is 77.2 Å². The molecule has 2 aromatic rings. The van der Waals surface area contributed by atoms with E-state index >= 15 is 0 Å². The van der Waals surface area contributed by atoms with E-state index in [1.165, 1.54) is 44.7 Å². The molecule has 4 rings (SSSR count). The van der Waals surface area contributed by atoms with Gasteiger partial charge in [-0.15, -0.1) is 0 Å². The summed E-state index contributed by atoms with van der Waals surface area (Å²) in [4.78, 5) is 0. The molecule has 0 N–H and O–H groups in total. The van der Waals surface area contributed by atoms with Gasteiger partial charge in [-0.25, -0.2) is 13.2 Å². The van der Waals surface area contributed by atoms with Crippen LogP contribution in [0.25, 0.3) is 11.1 Å². The number of ether oxygens (including phenoxy) is 1. The fraction of sp³-hybridized carbons (Fsp3) is 0.556.